The Hall–Kier alpha value is -2.48. The molecule has 27 heavy (non-hydrogen) atoms. The molecule has 1 amide bonds. The molecule has 146 valence electrons. The zero-order valence-electron chi connectivity index (χ0n) is 15.3. The van der Waals surface area contributed by atoms with E-state index in [4.69, 9.17) is 0 Å². The molecule has 0 fully saturated rings. The van der Waals surface area contributed by atoms with E-state index in [0.29, 0.717) is 5.56 Å². The predicted molar refractivity (Wildman–Crippen MR) is 101 cm³/mol. The number of hydrogen-bond donors (Lipinski definition) is 1. The second kappa shape index (κ2) is 8.47. The Morgan fingerprint density at radius 3 is 1.96 bits per heavy atom. The molecule has 8 heteroatoms. The minimum atomic E-state index is -3.79. The molecule has 2 rings (SSSR count). The van der Waals surface area contributed by atoms with Gasteiger partial charge in [-0.15, -0.1) is 0 Å². The van der Waals surface area contributed by atoms with Crippen LogP contribution in [-0.2, 0) is 14.8 Å². The highest BCUT2D eigenvalue weighted by Gasteiger charge is 2.32. The molecule has 0 unspecified atom stereocenters. The van der Waals surface area contributed by atoms with Crippen LogP contribution in [0.25, 0.3) is 0 Å². The number of sulfonamides is 1. The molecule has 0 aromatic heterocycles. The molecule has 2 aromatic rings. The van der Waals surface area contributed by atoms with Crippen molar-refractivity contribution in [2.75, 3.05) is 10.6 Å². The lowest BCUT2D eigenvalue weighted by Gasteiger charge is -2.31. The lowest BCUT2D eigenvalue weighted by Crippen LogP contribution is -2.49. The summed E-state index contributed by atoms with van der Waals surface area (Å²) >= 11 is 0. The van der Waals surface area contributed by atoms with Gasteiger partial charge in [-0.1, -0.05) is 19.1 Å². The van der Waals surface area contributed by atoms with Crippen LogP contribution >= 0.6 is 0 Å². The largest absolute Gasteiger partial charge is 0.348 e. The molecule has 2 aromatic carbocycles. The van der Waals surface area contributed by atoms with Crippen LogP contribution in [0, 0.1) is 11.6 Å². The zero-order chi connectivity index (χ0) is 20.2. The van der Waals surface area contributed by atoms with Crippen LogP contribution in [0.3, 0.4) is 0 Å². The summed E-state index contributed by atoms with van der Waals surface area (Å²) in [6.07, 6.45) is 1.21. The molecule has 0 radical (unpaired) electrons. The molecule has 0 spiro atoms. The summed E-state index contributed by atoms with van der Waals surface area (Å²) < 4.78 is 51.9. The number of carbonyl (C=O) groups is 1. The first-order chi connectivity index (χ1) is 12.6. The van der Waals surface area contributed by atoms with Crippen LogP contribution < -0.4 is 9.62 Å². The minimum absolute atomic E-state index is 0.204. The van der Waals surface area contributed by atoms with Crippen LogP contribution in [0.15, 0.2) is 48.5 Å². The number of rotatable bonds is 7. The quantitative estimate of drug-likeness (QED) is 0.780. The molecule has 0 aliphatic heterocycles. The van der Waals surface area contributed by atoms with Gasteiger partial charge in [0, 0.05) is 0 Å². The molecule has 1 N–H and O–H groups in total. The van der Waals surface area contributed by atoms with E-state index in [1.807, 2.05) is 0 Å². The molecular weight excluding hydrogens is 374 g/mol. The van der Waals surface area contributed by atoms with E-state index in [0.717, 1.165) is 22.7 Å². The fourth-order valence-electron chi connectivity index (χ4n) is 2.79. The summed E-state index contributed by atoms with van der Waals surface area (Å²) in [7, 11) is -3.79. The topological polar surface area (TPSA) is 66.5 Å². The first-order valence-corrected chi connectivity index (χ1v) is 10.3. The van der Waals surface area contributed by atoms with Gasteiger partial charge < -0.3 is 5.32 Å². The lowest BCUT2D eigenvalue weighted by molar-refractivity contribution is -0.122. The molecule has 0 aliphatic rings. The van der Waals surface area contributed by atoms with E-state index < -0.39 is 33.8 Å². The highest BCUT2D eigenvalue weighted by atomic mass is 32.2. The van der Waals surface area contributed by atoms with Crippen LogP contribution in [0.4, 0.5) is 14.5 Å². The number of amides is 1. The Balaban J connectivity index is 2.28. The lowest BCUT2D eigenvalue weighted by atomic mass is 10.1. The van der Waals surface area contributed by atoms with Crippen LogP contribution in [0.1, 0.15) is 31.9 Å². The Labute approximate surface area is 158 Å². The second-order valence-electron chi connectivity index (χ2n) is 6.24. The minimum Gasteiger partial charge on any atom is -0.348 e. The van der Waals surface area contributed by atoms with E-state index in [-0.39, 0.29) is 17.9 Å². The van der Waals surface area contributed by atoms with Crippen molar-refractivity contribution in [3.05, 3.63) is 65.7 Å². The summed E-state index contributed by atoms with van der Waals surface area (Å²) in [6, 6.07) is 9.14. The van der Waals surface area contributed by atoms with Crippen LogP contribution in [-0.4, -0.2) is 26.6 Å². The number of nitrogens with one attached hydrogen (secondary N) is 1. The molecule has 0 aliphatic carbocycles. The van der Waals surface area contributed by atoms with Crippen molar-refractivity contribution >= 4 is 21.6 Å². The highest BCUT2D eigenvalue weighted by molar-refractivity contribution is 7.92. The molecule has 2 atom stereocenters. The highest BCUT2D eigenvalue weighted by Crippen LogP contribution is 2.23. The van der Waals surface area contributed by atoms with Crippen molar-refractivity contribution in [1.82, 2.24) is 5.32 Å². The van der Waals surface area contributed by atoms with Gasteiger partial charge in [0.15, 0.2) is 0 Å². The maximum atomic E-state index is 13.2. The Kier molecular flexibility index (Phi) is 6.54. The summed E-state index contributed by atoms with van der Waals surface area (Å²) in [5, 5.41) is 2.76. The standard InChI is InChI=1S/C19H22F2N2O3S/c1-4-18(19(24)22-13(2)14-5-7-15(20)8-6-14)23(27(3,25)26)17-11-9-16(21)10-12-17/h5-13,18H,4H2,1-3H3,(H,22,24)/t13-,18+/m0/s1. The monoisotopic (exact) mass is 396 g/mol. The van der Waals surface area contributed by atoms with E-state index >= 15 is 0 Å². The number of carbonyl (C=O) groups excluding carboxylic acids is 1. The van der Waals surface area contributed by atoms with Gasteiger partial charge in [0.05, 0.1) is 18.0 Å². The number of anilines is 1. The first-order valence-electron chi connectivity index (χ1n) is 8.44. The molecule has 0 heterocycles. The third-order valence-electron chi connectivity index (χ3n) is 4.14. The summed E-state index contributed by atoms with van der Waals surface area (Å²) in [4.78, 5) is 12.8. The zero-order valence-corrected chi connectivity index (χ0v) is 16.1. The molecule has 0 saturated heterocycles. The number of benzene rings is 2. The fraction of sp³-hybridized carbons (Fsp3) is 0.316. The van der Waals surface area contributed by atoms with Crippen molar-refractivity contribution in [1.29, 1.82) is 0 Å². The second-order valence-corrected chi connectivity index (χ2v) is 8.10. The molecular formula is C19H22F2N2O3S. The fourth-order valence-corrected chi connectivity index (χ4v) is 4.00. The maximum absolute atomic E-state index is 13.2. The van der Waals surface area contributed by atoms with Crippen molar-refractivity contribution in [3.8, 4) is 0 Å². The van der Waals surface area contributed by atoms with Crippen molar-refractivity contribution < 1.29 is 22.0 Å². The van der Waals surface area contributed by atoms with Crippen LogP contribution in [0.2, 0.25) is 0 Å². The number of nitrogens with zero attached hydrogens (tertiary/aromatic N) is 1. The van der Waals surface area contributed by atoms with E-state index in [2.05, 4.69) is 5.32 Å². The summed E-state index contributed by atoms with van der Waals surface area (Å²) in [5.41, 5.74) is 0.891. The Morgan fingerprint density at radius 1 is 1.04 bits per heavy atom. The number of halogens is 2. The maximum Gasteiger partial charge on any atom is 0.244 e. The van der Waals surface area contributed by atoms with E-state index in [9.17, 15) is 22.0 Å². The predicted octanol–water partition coefficient (Wildman–Crippen LogP) is 3.39. The first kappa shape index (κ1) is 20.8. The normalized spacial score (nSPS) is 13.7. The van der Waals surface area contributed by atoms with Gasteiger partial charge in [-0.25, -0.2) is 17.2 Å². The molecule has 5 nitrogen and oxygen atoms in total. The summed E-state index contributed by atoms with van der Waals surface area (Å²) in [6.45, 7) is 3.41. The van der Waals surface area contributed by atoms with Gasteiger partial charge in [0.2, 0.25) is 15.9 Å². The molecule has 0 saturated carbocycles. The van der Waals surface area contributed by atoms with Gasteiger partial charge in [-0.2, -0.15) is 0 Å². The number of hydrogen-bond acceptors (Lipinski definition) is 3. The van der Waals surface area contributed by atoms with E-state index in [1.54, 1.807) is 26.0 Å². The third kappa shape index (κ3) is 5.26. The van der Waals surface area contributed by atoms with Gasteiger partial charge >= 0.3 is 0 Å². The van der Waals surface area contributed by atoms with E-state index in [1.165, 1.54) is 24.3 Å². The van der Waals surface area contributed by atoms with Crippen LogP contribution in [0.5, 0.6) is 0 Å². The van der Waals surface area contributed by atoms with Crippen molar-refractivity contribution in [3.63, 3.8) is 0 Å². The van der Waals surface area contributed by atoms with Gasteiger partial charge in [0.1, 0.15) is 17.7 Å². The average Bonchev–Trinajstić information content (AvgIpc) is 2.60. The van der Waals surface area contributed by atoms with Gasteiger partial charge in [-0.05, 0) is 55.3 Å². The van der Waals surface area contributed by atoms with Crippen molar-refractivity contribution in [2.24, 2.45) is 0 Å². The average molecular weight is 396 g/mol. The smallest absolute Gasteiger partial charge is 0.244 e. The van der Waals surface area contributed by atoms with Crippen molar-refractivity contribution in [2.45, 2.75) is 32.4 Å². The van der Waals surface area contributed by atoms with Gasteiger partial charge in [0.25, 0.3) is 0 Å². The third-order valence-corrected chi connectivity index (χ3v) is 5.32. The summed E-state index contributed by atoms with van der Waals surface area (Å²) in [5.74, 6) is -1.39. The Morgan fingerprint density at radius 2 is 1.52 bits per heavy atom. The Bertz CT molecular complexity index is 884. The molecule has 0 bridgehead atoms. The SMILES string of the molecule is CC[C@H](C(=O)N[C@@H](C)c1ccc(F)cc1)N(c1ccc(F)cc1)S(C)(=O)=O. The van der Waals surface area contributed by atoms with Gasteiger partial charge in [-0.3, -0.25) is 9.10 Å².